The van der Waals surface area contributed by atoms with Crippen LogP contribution in [-0.2, 0) is 24.4 Å². The van der Waals surface area contributed by atoms with E-state index in [-0.39, 0.29) is 17.4 Å². The van der Waals surface area contributed by atoms with Gasteiger partial charge in [0.1, 0.15) is 6.10 Å². The maximum Gasteiger partial charge on any atom is 0.331 e. The maximum atomic E-state index is 13.5. The van der Waals surface area contributed by atoms with Crippen LogP contribution in [0.25, 0.3) is 22.2 Å². The van der Waals surface area contributed by atoms with Crippen molar-refractivity contribution >= 4 is 10.9 Å². The minimum Gasteiger partial charge on any atom is -0.365 e. The van der Waals surface area contributed by atoms with Crippen molar-refractivity contribution in [3.8, 4) is 11.3 Å². The Labute approximate surface area is 179 Å². The van der Waals surface area contributed by atoms with Gasteiger partial charge in [0.25, 0.3) is 5.56 Å². The highest BCUT2D eigenvalue weighted by molar-refractivity contribution is 5.96. The Morgan fingerprint density at radius 1 is 0.903 bits per heavy atom. The van der Waals surface area contributed by atoms with Gasteiger partial charge in [0, 0.05) is 14.1 Å². The molecule has 0 unspecified atom stereocenters. The van der Waals surface area contributed by atoms with Gasteiger partial charge in [-0.1, -0.05) is 60.7 Å². The molecule has 158 valence electrons. The van der Waals surface area contributed by atoms with Crippen molar-refractivity contribution in [2.24, 2.45) is 14.1 Å². The van der Waals surface area contributed by atoms with Crippen LogP contribution in [0.15, 0.2) is 70.3 Å². The van der Waals surface area contributed by atoms with E-state index >= 15 is 0 Å². The smallest absolute Gasteiger partial charge is 0.331 e. The molecule has 1 atom stereocenters. The first-order valence-corrected chi connectivity index (χ1v) is 10.4. The number of aryl methyl sites for hydroxylation is 1. The highest BCUT2D eigenvalue weighted by Crippen LogP contribution is 2.45. The average Bonchev–Trinajstić information content (AvgIpc) is 3.15. The molecule has 5 rings (SSSR count). The van der Waals surface area contributed by atoms with E-state index in [1.165, 1.54) is 11.6 Å². The van der Waals surface area contributed by atoms with Gasteiger partial charge in [-0.05, 0) is 25.0 Å². The lowest BCUT2D eigenvalue weighted by molar-refractivity contribution is -0.00707. The number of aromatic nitrogens is 3. The summed E-state index contributed by atoms with van der Waals surface area (Å²) >= 11 is 0. The molecule has 0 amide bonds. The van der Waals surface area contributed by atoms with E-state index in [4.69, 9.17) is 4.74 Å². The third kappa shape index (κ3) is 2.75. The molecule has 0 spiro atoms. The van der Waals surface area contributed by atoms with Gasteiger partial charge in [0.05, 0.1) is 34.4 Å². The normalized spacial score (nSPS) is 17.6. The standard InChI is InChI=1S/C25H25N3O3/c1-25(2)15-31-22(17-13-9-6-10-14-17)21-20-18(23(29)27(4)24(30)26(20)3)19(28(21)25)16-11-7-5-8-12-16/h5-14,22H,15H2,1-4H3/t22-/m1/s1. The molecule has 6 nitrogen and oxygen atoms in total. The van der Waals surface area contributed by atoms with Crippen LogP contribution >= 0.6 is 0 Å². The molecule has 1 aliphatic rings. The Bertz CT molecular complexity index is 1410. The van der Waals surface area contributed by atoms with E-state index in [0.717, 1.165) is 22.5 Å². The molecule has 0 N–H and O–H groups in total. The fraction of sp³-hybridized carbons (Fsp3) is 0.280. The number of fused-ring (bicyclic) bond motifs is 3. The van der Waals surface area contributed by atoms with Crippen LogP contribution in [0.2, 0.25) is 0 Å². The van der Waals surface area contributed by atoms with Crippen molar-refractivity contribution in [1.29, 1.82) is 0 Å². The first-order chi connectivity index (χ1) is 14.8. The highest BCUT2D eigenvalue weighted by atomic mass is 16.5. The van der Waals surface area contributed by atoms with Gasteiger partial charge in [0.15, 0.2) is 0 Å². The molecule has 6 heteroatoms. The molecule has 2 aromatic heterocycles. The summed E-state index contributed by atoms with van der Waals surface area (Å²) in [6, 6.07) is 19.9. The molecule has 0 saturated heterocycles. The zero-order valence-electron chi connectivity index (χ0n) is 18.1. The fourth-order valence-electron chi connectivity index (χ4n) is 4.75. The van der Waals surface area contributed by atoms with Crippen LogP contribution in [0.5, 0.6) is 0 Å². The van der Waals surface area contributed by atoms with Crippen molar-refractivity contribution in [1.82, 2.24) is 13.7 Å². The van der Waals surface area contributed by atoms with Gasteiger partial charge in [0.2, 0.25) is 0 Å². The molecule has 0 radical (unpaired) electrons. The molecular weight excluding hydrogens is 390 g/mol. The average molecular weight is 415 g/mol. The minimum absolute atomic E-state index is 0.290. The molecule has 0 saturated carbocycles. The van der Waals surface area contributed by atoms with E-state index in [9.17, 15) is 9.59 Å². The molecule has 0 fully saturated rings. The van der Waals surface area contributed by atoms with Crippen molar-refractivity contribution in [3.63, 3.8) is 0 Å². The van der Waals surface area contributed by atoms with Crippen LogP contribution in [0, 0.1) is 0 Å². The van der Waals surface area contributed by atoms with Gasteiger partial charge in [-0.15, -0.1) is 0 Å². The summed E-state index contributed by atoms with van der Waals surface area (Å²) in [5, 5.41) is 0.547. The molecule has 0 bridgehead atoms. The van der Waals surface area contributed by atoms with Crippen LogP contribution < -0.4 is 11.2 Å². The van der Waals surface area contributed by atoms with Gasteiger partial charge >= 0.3 is 5.69 Å². The van der Waals surface area contributed by atoms with Crippen LogP contribution in [-0.4, -0.2) is 20.3 Å². The first-order valence-electron chi connectivity index (χ1n) is 10.4. The van der Waals surface area contributed by atoms with Crippen molar-refractivity contribution in [2.75, 3.05) is 6.61 Å². The Balaban J connectivity index is 2.04. The lowest BCUT2D eigenvalue weighted by Gasteiger charge is -2.39. The summed E-state index contributed by atoms with van der Waals surface area (Å²) in [5.41, 5.74) is 3.19. The van der Waals surface area contributed by atoms with E-state index in [1.807, 2.05) is 60.7 Å². The number of hydrogen-bond acceptors (Lipinski definition) is 3. The third-order valence-corrected chi connectivity index (χ3v) is 6.21. The quantitative estimate of drug-likeness (QED) is 0.503. The second-order valence-electron chi connectivity index (χ2n) is 8.78. The summed E-state index contributed by atoms with van der Waals surface area (Å²) in [7, 11) is 3.26. The summed E-state index contributed by atoms with van der Waals surface area (Å²) in [4.78, 5) is 26.4. The number of hydrogen-bond donors (Lipinski definition) is 0. The van der Waals surface area contributed by atoms with Gasteiger partial charge in [-0.2, -0.15) is 0 Å². The van der Waals surface area contributed by atoms with Crippen molar-refractivity contribution in [2.45, 2.75) is 25.5 Å². The summed E-state index contributed by atoms with van der Waals surface area (Å²) in [6.07, 6.45) is -0.383. The van der Waals surface area contributed by atoms with Gasteiger partial charge in [-0.3, -0.25) is 13.9 Å². The number of ether oxygens (including phenoxy) is 1. The maximum absolute atomic E-state index is 13.5. The topological polar surface area (TPSA) is 58.2 Å². The third-order valence-electron chi connectivity index (χ3n) is 6.21. The Morgan fingerprint density at radius 2 is 1.52 bits per heavy atom. The molecule has 31 heavy (non-hydrogen) atoms. The fourth-order valence-corrected chi connectivity index (χ4v) is 4.75. The van der Waals surface area contributed by atoms with Crippen LogP contribution in [0.4, 0.5) is 0 Å². The van der Waals surface area contributed by atoms with E-state index < -0.39 is 5.54 Å². The summed E-state index contributed by atoms with van der Waals surface area (Å²) in [5.74, 6) is 0. The van der Waals surface area contributed by atoms with Crippen LogP contribution in [0.3, 0.4) is 0 Å². The molecule has 4 aromatic rings. The Morgan fingerprint density at radius 3 is 2.16 bits per heavy atom. The zero-order chi connectivity index (χ0) is 21.9. The minimum atomic E-state index is -0.411. The SMILES string of the molecule is Cn1c(=O)c2c(-c3ccccc3)n3c(c2n(C)c1=O)[C@@H](c1ccccc1)OCC3(C)C. The molecule has 0 aliphatic carbocycles. The van der Waals surface area contributed by atoms with Crippen molar-refractivity contribution in [3.05, 3.63) is 92.8 Å². The van der Waals surface area contributed by atoms with Crippen molar-refractivity contribution < 1.29 is 4.74 Å². The second kappa shape index (κ2) is 6.82. The van der Waals surface area contributed by atoms with E-state index in [2.05, 4.69) is 18.4 Å². The Hall–Kier alpha value is -3.38. The lowest BCUT2D eigenvalue weighted by atomic mass is 9.98. The van der Waals surface area contributed by atoms with Gasteiger partial charge in [-0.25, -0.2) is 4.79 Å². The summed E-state index contributed by atoms with van der Waals surface area (Å²) < 4.78 is 11.4. The molecular formula is C25H25N3O3. The second-order valence-corrected chi connectivity index (χ2v) is 8.78. The number of rotatable bonds is 2. The van der Waals surface area contributed by atoms with Gasteiger partial charge < -0.3 is 9.30 Å². The monoisotopic (exact) mass is 415 g/mol. The summed E-state index contributed by atoms with van der Waals surface area (Å²) in [6.45, 7) is 4.69. The number of nitrogens with zero attached hydrogens (tertiary/aromatic N) is 3. The first kappa shape index (κ1) is 19.6. The molecule has 2 aromatic carbocycles. The predicted octanol–water partition coefficient (Wildman–Crippen LogP) is 3.56. The molecule has 1 aliphatic heterocycles. The zero-order valence-corrected chi connectivity index (χ0v) is 18.1. The predicted molar refractivity (Wildman–Crippen MR) is 121 cm³/mol. The van der Waals surface area contributed by atoms with E-state index in [1.54, 1.807) is 11.6 Å². The Kier molecular flexibility index (Phi) is 4.31. The molecule has 3 heterocycles. The highest BCUT2D eigenvalue weighted by Gasteiger charge is 2.40. The largest absolute Gasteiger partial charge is 0.365 e. The number of benzene rings is 2. The van der Waals surface area contributed by atoms with Crippen LogP contribution in [0.1, 0.15) is 31.2 Å². The lowest BCUT2D eigenvalue weighted by Crippen LogP contribution is -2.40. The van der Waals surface area contributed by atoms with E-state index in [0.29, 0.717) is 17.5 Å².